The van der Waals surface area contributed by atoms with Crippen molar-refractivity contribution < 1.29 is 17.9 Å². The number of hydrogen-bond acceptors (Lipinski definition) is 5. The Morgan fingerprint density at radius 3 is 2.83 bits per heavy atom. The average Bonchev–Trinajstić information content (AvgIpc) is 3.16. The summed E-state index contributed by atoms with van der Waals surface area (Å²) >= 11 is 0. The number of nitrogens with zero attached hydrogens (tertiary/aromatic N) is 4. The van der Waals surface area contributed by atoms with E-state index in [0.29, 0.717) is 6.61 Å². The number of rotatable bonds is 2. The summed E-state index contributed by atoms with van der Waals surface area (Å²) in [6.45, 7) is 0.620. The minimum atomic E-state index is -4.52. The molecule has 0 aromatic carbocycles. The van der Waals surface area contributed by atoms with Gasteiger partial charge in [-0.25, -0.2) is 4.98 Å². The molecule has 0 radical (unpaired) electrons. The molecule has 9 heteroatoms. The lowest BCUT2D eigenvalue weighted by Gasteiger charge is -2.38. The summed E-state index contributed by atoms with van der Waals surface area (Å²) in [4.78, 5) is 7.32. The minimum Gasteiger partial charge on any atom is -0.375 e. The van der Waals surface area contributed by atoms with Crippen LogP contribution in [0.25, 0.3) is 5.78 Å². The van der Waals surface area contributed by atoms with Gasteiger partial charge >= 0.3 is 6.18 Å². The normalized spacial score (nSPS) is 23.9. The minimum absolute atomic E-state index is 0.0488. The van der Waals surface area contributed by atoms with Crippen molar-refractivity contribution in [2.45, 2.75) is 56.3 Å². The monoisotopic (exact) mass is 341 g/mol. The van der Waals surface area contributed by atoms with Crippen LogP contribution in [0.1, 0.15) is 44.2 Å². The average molecular weight is 341 g/mol. The molecule has 24 heavy (non-hydrogen) atoms. The maximum atomic E-state index is 13.1. The lowest BCUT2D eigenvalue weighted by molar-refractivity contribution is -0.141. The number of ether oxygens (including phenoxy) is 1. The maximum Gasteiger partial charge on any atom is 0.433 e. The van der Waals surface area contributed by atoms with Crippen LogP contribution in [-0.2, 0) is 10.9 Å². The first-order valence-electron chi connectivity index (χ1n) is 8.14. The van der Waals surface area contributed by atoms with Gasteiger partial charge in [0.05, 0.1) is 5.60 Å². The predicted octanol–water partition coefficient (Wildman–Crippen LogP) is 3.05. The van der Waals surface area contributed by atoms with Crippen molar-refractivity contribution in [1.82, 2.24) is 19.6 Å². The van der Waals surface area contributed by atoms with Crippen LogP contribution in [0.2, 0.25) is 0 Å². The number of alkyl halides is 3. The van der Waals surface area contributed by atoms with Crippen molar-refractivity contribution in [2.24, 2.45) is 0 Å². The second kappa shape index (κ2) is 5.58. The van der Waals surface area contributed by atoms with Gasteiger partial charge in [-0.1, -0.05) is 12.8 Å². The van der Waals surface area contributed by atoms with E-state index < -0.39 is 11.9 Å². The van der Waals surface area contributed by atoms with Gasteiger partial charge in [-0.05, 0) is 25.7 Å². The second-order valence-corrected chi connectivity index (χ2v) is 6.57. The number of halogens is 3. The summed E-state index contributed by atoms with van der Waals surface area (Å²) in [6.07, 6.45) is 2.57. The summed E-state index contributed by atoms with van der Waals surface area (Å²) in [6, 6.07) is 1.05. The number of anilines is 1. The van der Waals surface area contributed by atoms with E-state index in [9.17, 15) is 13.2 Å². The van der Waals surface area contributed by atoms with Gasteiger partial charge in [0, 0.05) is 18.7 Å². The molecule has 2 aromatic heterocycles. The fraction of sp³-hybridized carbons (Fsp3) is 0.667. The molecule has 0 bridgehead atoms. The highest BCUT2D eigenvalue weighted by molar-refractivity contribution is 5.46. The third-order valence-electron chi connectivity index (χ3n) is 4.90. The van der Waals surface area contributed by atoms with Crippen LogP contribution in [0, 0.1) is 0 Å². The van der Waals surface area contributed by atoms with Crippen LogP contribution in [0.15, 0.2) is 12.4 Å². The topological polar surface area (TPSA) is 64.3 Å². The molecule has 1 unspecified atom stereocenters. The molecule has 6 nitrogen and oxygen atoms in total. The van der Waals surface area contributed by atoms with Crippen molar-refractivity contribution in [3.8, 4) is 0 Å². The zero-order chi connectivity index (χ0) is 16.8. The molecule has 1 saturated carbocycles. The van der Waals surface area contributed by atoms with E-state index in [-0.39, 0.29) is 23.2 Å². The Morgan fingerprint density at radius 1 is 1.29 bits per heavy atom. The predicted molar refractivity (Wildman–Crippen MR) is 79.6 cm³/mol. The van der Waals surface area contributed by atoms with E-state index in [1.807, 2.05) is 0 Å². The first kappa shape index (κ1) is 15.6. The number of hydrogen-bond donors (Lipinski definition) is 1. The van der Waals surface area contributed by atoms with Gasteiger partial charge in [0.2, 0.25) is 0 Å². The zero-order valence-electron chi connectivity index (χ0n) is 13.0. The third-order valence-corrected chi connectivity index (χ3v) is 4.90. The number of fused-ring (bicyclic) bond motifs is 1. The van der Waals surface area contributed by atoms with Crippen LogP contribution in [0.5, 0.6) is 0 Å². The fourth-order valence-corrected chi connectivity index (χ4v) is 3.79. The Labute approximate surface area is 136 Å². The summed E-state index contributed by atoms with van der Waals surface area (Å²) in [5.41, 5.74) is -1.08. The molecule has 1 aliphatic heterocycles. The molecule has 1 N–H and O–H groups in total. The Bertz CT molecular complexity index is 738. The molecule has 130 valence electrons. The fourth-order valence-electron chi connectivity index (χ4n) is 3.79. The molecule has 2 fully saturated rings. The molecular formula is C15H18F3N5O. The van der Waals surface area contributed by atoms with E-state index in [0.717, 1.165) is 44.6 Å². The van der Waals surface area contributed by atoms with Gasteiger partial charge in [0.15, 0.2) is 5.69 Å². The highest BCUT2D eigenvalue weighted by atomic mass is 19.4. The van der Waals surface area contributed by atoms with Crippen LogP contribution in [0.3, 0.4) is 0 Å². The third kappa shape index (κ3) is 2.81. The van der Waals surface area contributed by atoms with Gasteiger partial charge in [0.1, 0.15) is 12.1 Å². The Kier molecular flexibility index (Phi) is 3.63. The van der Waals surface area contributed by atoms with Crippen LogP contribution in [0.4, 0.5) is 19.0 Å². The van der Waals surface area contributed by atoms with E-state index in [1.54, 1.807) is 0 Å². The SMILES string of the molecule is FC(F)(F)c1cc(NC2CCOC3(CCCC3)C2)n2ncnc2n1. The van der Waals surface area contributed by atoms with Gasteiger partial charge < -0.3 is 10.1 Å². The molecular weight excluding hydrogens is 323 g/mol. The molecule has 4 rings (SSSR count). The zero-order valence-corrected chi connectivity index (χ0v) is 13.0. The van der Waals surface area contributed by atoms with E-state index in [4.69, 9.17) is 4.74 Å². The number of nitrogens with one attached hydrogen (secondary N) is 1. The Balaban J connectivity index is 1.62. The smallest absolute Gasteiger partial charge is 0.375 e. The van der Waals surface area contributed by atoms with Crippen molar-refractivity contribution >= 4 is 11.6 Å². The van der Waals surface area contributed by atoms with Crippen molar-refractivity contribution in [3.63, 3.8) is 0 Å². The Hall–Kier alpha value is -1.90. The van der Waals surface area contributed by atoms with Gasteiger partial charge in [-0.15, -0.1) is 0 Å². The molecule has 1 atom stereocenters. The lowest BCUT2D eigenvalue weighted by atomic mass is 9.89. The summed E-state index contributed by atoms with van der Waals surface area (Å²) in [5.74, 6) is 0.208. The standard InChI is InChI=1S/C15H18F3N5O/c16-15(17,18)11-7-12(23-13(22-11)19-9-20-23)21-10-3-6-24-14(8-10)4-1-2-5-14/h7,9-10,21H,1-6,8H2. The van der Waals surface area contributed by atoms with Gasteiger partial charge in [-0.3, -0.25) is 0 Å². The van der Waals surface area contributed by atoms with Gasteiger partial charge in [-0.2, -0.15) is 27.8 Å². The molecule has 1 aliphatic carbocycles. The quantitative estimate of drug-likeness (QED) is 0.909. The molecule has 0 amide bonds. The van der Waals surface area contributed by atoms with Crippen molar-refractivity contribution in [3.05, 3.63) is 18.1 Å². The molecule has 1 saturated heterocycles. The van der Waals surface area contributed by atoms with Crippen LogP contribution >= 0.6 is 0 Å². The lowest BCUT2D eigenvalue weighted by Crippen LogP contribution is -2.42. The van der Waals surface area contributed by atoms with E-state index in [1.165, 1.54) is 10.8 Å². The van der Waals surface area contributed by atoms with Gasteiger partial charge in [0.25, 0.3) is 5.78 Å². The van der Waals surface area contributed by atoms with Crippen molar-refractivity contribution in [1.29, 1.82) is 0 Å². The van der Waals surface area contributed by atoms with E-state index >= 15 is 0 Å². The number of aromatic nitrogens is 4. The molecule has 3 heterocycles. The Morgan fingerprint density at radius 2 is 2.08 bits per heavy atom. The maximum absolute atomic E-state index is 13.1. The summed E-state index contributed by atoms with van der Waals surface area (Å²) in [5, 5.41) is 7.19. The first-order chi connectivity index (χ1) is 11.5. The molecule has 1 spiro atoms. The second-order valence-electron chi connectivity index (χ2n) is 6.57. The van der Waals surface area contributed by atoms with E-state index in [2.05, 4.69) is 20.4 Å². The van der Waals surface area contributed by atoms with Crippen LogP contribution in [-0.4, -0.2) is 37.8 Å². The summed E-state index contributed by atoms with van der Waals surface area (Å²) < 4.78 is 46.4. The molecule has 2 aromatic rings. The summed E-state index contributed by atoms with van der Waals surface area (Å²) in [7, 11) is 0. The highest BCUT2D eigenvalue weighted by Crippen LogP contribution is 2.40. The van der Waals surface area contributed by atoms with Crippen LogP contribution < -0.4 is 5.32 Å². The largest absolute Gasteiger partial charge is 0.433 e. The highest BCUT2D eigenvalue weighted by Gasteiger charge is 2.40. The molecule has 2 aliphatic rings. The van der Waals surface area contributed by atoms with Crippen molar-refractivity contribution in [2.75, 3.05) is 11.9 Å². The first-order valence-corrected chi connectivity index (χ1v) is 8.14.